The minimum atomic E-state index is -1.56. The van der Waals surface area contributed by atoms with Crippen molar-refractivity contribution >= 4 is 5.91 Å². The number of nitrogens with zero attached hydrogens (tertiary/aromatic N) is 1. The average molecular weight is 976 g/mol. The molecule has 12 fully saturated rings. The van der Waals surface area contributed by atoms with Crippen molar-refractivity contribution in [1.82, 2.24) is 15.5 Å². The van der Waals surface area contributed by atoms with Gasteiger partial charge in [-0.15, -0.1) is 6.58 Å². The molecular formula is C46H77N3O19. The third-order valence-electron chi connectivity index (χ3n) is 14.0. The van der Waals surface area contributed by atoms with Crippen molar-refractivity contribution in [3.8, 4) is 0 Å². The summed E-state index contributed by atoms with van der Waals surface area (Å²) in [5.74, 6) is -1.19. The Hall–Kier alpha value is -2.43. The highest BCUT2D eigenvalue weighted by atomic mass is 16.7. The van der Waals surface area contributed by atoms with Gasteiger partial charge in [-0.25, -0.2) is 0 Å². The number of hydrogen-bond donors (Lipinski definition) is 12. The number of allylic oxidation sites excluding steroid dienone is 3. The number of hydrogen-bond acceptors (Lipinski definition) is 21. The maximum absolute atomic E-state index is 13.6. The van der Waals surface area contributed by atoms with E-state index in [9.17, 15) is 55.9 Å². The lowest BCUT2D eigenvalue weighted by atomic mass is 9.83. The van der Waals surface area contributed by atoms with E-state index in [0.29, 0.717) is 82.0 Å². The van der Waals surface area contributed by atoms with E-state index in [1.54, 1.807) is 4.90 Å². The smallest absolute Gasteiger partial charge is 0.225 e. The molecule has 0 aromatic rings. The van der Waals surface area contributed by atoms with Crippen LogP contribution in [0.1, 0.15) is 84.0 Å². The standard InChI is InChI=1S/C46H77N3O19/c1-23(2)11-16-32(52)49(21-47-24(3)12-14-28-26-9-5-7-17-61-43-39(59)35(55)41(30(19-50)65-43)67-45(63-28)37(57)33(26)53)22-48-25(4)13-15-29-27-10-6-8-18-62-44-40(60)36(56)42(31(20-51)66-44)68-46(64-29)38(58)34(27)54/h26-31,33-48,50-51,53-60H,1,3-22H2,2H3/t26?,27?,28?,29?,30?,31?,33-,34-,35+,36+,37?,38?,39?,40?,41?,42?,43+,44+,45-,46-/m1/s1. The van der Waals surface area contributed by atoms with Gasteiger partial charge in [0.25, 0.3) is 0 Å². The Labute approximate surface area is 397 Å². The molecular weight excluding hydrogens is 899 g/mol. The largest absolute Gasteiger partial charge is 0.394 e. The van der Waals surface area contributed by atoms with Gasteiger partial charge in [0.05, 0.1) is 51.0 Å². The Balaban J connectivity index is 1.05. The monoisotopic (exact) mass is 976 g/mol. The van der Waals surface area contributed by atoms with Crippen molar-refractivity contribution in [2.75, 3.05) is 39.8 Å². The second-order valence-corrected chi connectivity index (χ2v) is 19.1. The minimum Gasteiger partial charge on any atom is -0.394 e. The third-order valence-corrected chi connectivity index (χ3v) is 14.0. The predicted molar refractivity (Wildman–Crippen MR) is 237 cm³/mol. The molecule has 12 saturated heterocycles. The van der Waals surface area contributed by atoms with Crippen molar-refractivity contribution in [3.63, 3.8) is 0 Å². The normalized spacial score (nSPS) is 41.3. The van der Waals surface area contributed by atoms with E-state index in [0.717, 1.165) is 5.57 Å². The molecule has 12 heterocycles. The first-order chi connectivity index (χ1) is 32.5. The molecule has 0 spiro atoms. The van der Waals surface area contributed by atoms with Crippen LogP contribution in [0, 0.1) is 11.8 Å². The number of ether oxygens (including phenoxy) is 8. The van der Waals surface area contributed by atoms with Crippen molar-refractivity contribution in [2.45, 2.75) is 195 Å². The summed E-state index contributed by atoms with van der Waals surface area (Å²) < 4.78 is 47.2. The van der Waals surface area contributed by atoms with Crippen molar-refractivity contribution in [3.05, 3.63) is 36.7 Å². The molecule has 0 aliphatic carbocycles. The van der Waals surface area contributed by atoms with Gasteiger partial charge in [0.2, 0.25) is 5.91 Å². The molecule has 12 aliphatic heterocycles. The molecule has 0 aromatic carbocycles. The van der Waals surface area contributed by atoms with Crippen LogP contribution in [0.5, 0.6) is 0 Å². The fourth-order valence-electron chi connectivity index (χ4n) is 9.80. The van der Waals surface area contributed by atoms with Gasteiger partial charge in [0.1, 0.15) is 61.0 Å². The number of carbonyl (C=O) groups is 1. The number of aliphatic hydroxyl groups excluding tert-OH is 10. The first-order valence-electron chi connectivity index (χ1n) is 24.1. The second-order valence-electron chi connectivity index (χ2n) is 19.1. The van der Waals surface area contributed by atoms with Crippen molar-refractivity contribution < 1.29 is 93.8 Å². The van der Waals surface area contributed by atoms with E-state index in [2.05, 4.69) is 30.4 Å². The van der Waals surface area contributed by atoms with Gasteiger partial charge in [-0.05, 0) is 64.7 Å². The maximum Gasteiger partial charge on any atom is 0.225 e. The number of rotatable bonds is 17. The van der Waals surface area contributed by atoms with E-state index in [-0.39, 0.29) is 38.9 Å². The lowest BCUT2D eigenvalue weighted by Gasteiger charge is -2.47. The van der Waals surface area contributed by atoms with Gasteiger partial charge in [0.15, 0.2) is 25.2 Å². The lowest BCUT2D eigenvalue weighted by Crippen LogP contribution is -2.63. The van der Waals surface area contributed by atoms with E-state index in [1.807, 2.05) is 6.92 Å². The molecule has 12 unspecified atom stereocenters. The van der Waals surface area contributed by atoms with Crippen LogP contribution in [0.15, 0.2) is 36.7 Å². The molecule has 8 bridgehead atoms. The topological polar surface area (TPSA) is 321 Å². The first kappa shape index (κ1) is 54.9. The summed E-state index contributed by atoms with van der Waals surface area (Å²) in [7, 11) is 0. The number of carbonyl (C=O) groups excluding carboxylic acids is 1. The molecule has 12 rings (SSSR count). The Bertz CT molecular complexity index is 1530. The van der Waals surface area contributed by atoms with Crippen LogP contribution in [-0.4, -0.2) is 212 Å². The van der Waals surface area contributed by atoms with Crippen LogP contribution < -0.4 is 10.6 Å². The highest BCUT2D eigenvalue weighted by Gasteiger charge is 2.53. The zero-order chi connectivity index (χ0) is 49.2. The molecule has 0 saturated carbocycles. The minimum absolute atomic E-state index is 0.0588. The maximum atomic E-state index is 13.6. The molecule has 1 amide bonds. The zero-order valence-electron chi connectivity index (χ0n) is 39.0. The van der Waals surface area contributed by atoms with Crippen LogP contribution in [0.3, 0.4) is 0 Å². The summed E-state index contributed by atoms with van der Waals surface area (Å²) in [5.41, 5.74) is 1.95. The summed E-state index contributed by atoms with van der Waals surface area (Å²) in [6.45, 7) is 13.4. The summed E-state index contributed by atoms with van der Waals surface area (Å²) in [6.07, 6.45) is -18.0. The fraction of sp³-hybridized carbons (Fsp3) is 0.848. The number of nitrogens with one attached hydrogen (secondary N) is 2. The summed E-state index contributed by atoms with van der Waals surface area (Å²) in [4.78, 5) is 15.1. The molecule has 390 valence electrons. The van der Waals surface area contributed by atoms with Gasteiger partial charge in [-0.2, -0.15) is 0 Å². The second kappa shape index (κ2) is 25.8. The first-order valence-corrected chi connectivity index (χ1v) is 24.1. The molecule has 12 N–H and O–H groups in total. The van der Waals surface area contributed by atoms with Gasteiger partial charge in [0, 0.05) is 42.9 Å². The van der Waals surface area contributed by atoms with Gasteiger partial charge >= 0.3 is 0 Å². The third kappa shape index (κ3) is 13.7. The molecule has 12 aliphatic rings. The number of aliphatic hydroxyl groups is 10. The fourth-order valence-corrected chi connectivity index (χ4v) is 9.80. The Morgan fingerprint density at radius 1 is 0.515 bits per heavy atom. The van der Waals surface area contributed by atoms with Crippen LogP contribution in [0.25, 0.3) is 0 Å². The highest BCUT2D eigenvalue weighted by molar-refractivity contribution is 5.76. The van der Waals surface area contributed by atoms with Gasteiger partial charge in [-0.1, -0.05) is 31.6 Å². The highest BCUT2D eigenvalue weighted by Crippen LogP contribution is 2.38. The van der Waals surface area contributed by atoms with Crippen LogP contribution in [0.4, 0.5) is 0 Å². The van der Waals surface area contributed by atoms with Crippen LogP contribution in [-0.2, 0) is 42.7 Å². The van der Waals surface area contributed by atoms with Crippen molar-refractivity contribution in [2.24, 2.45) is 11.8 Å². The average Bonchev–Trinajstić information content (AvgIpc) is 3.32. The Morgan fingerprint density at radius 2 is 0.912 bits per heavy atom. The summed E-state index contributed by atoms with van der Waals surface area (Å²) >= 11 is 0. The lowest BCUT2D eigenvalue weighted by molar-refractivity contribution is -0.356. The predicted octanol–water partition coefficient (Wildman–Crippen LogP) is -1.97. The van der Waals surface area contributed by atoms with Gasteiger partial charge in [-0.3, -0.25) is 4.79 Å². The van der Waals surface area contributed by atoms with E-state index >= 15 is 0 Å². The molecule has 68 heavy (non-hydrogen) atoms. The van der Waals surface area contributed by atoms with Crippen LogP contribution in [0.2, 0.25) is 0 Å². The van der Waals surface area contributed by atoms with Gasteiger partial charge < -0.3 is 104 Å². The molecule has 20 atom stereocenters. The molecule has 0 radical (unpaired) electrons. The Kier molecular flexibility index (Phi) is 20.8. The van der Waals surface area contributed by atoms with E-state index in [1.165, 1.54) is 0 Å². The summed E-state index contributed by atoms with van der Waals surface area (Å²) in [5, 5.41) is 115. The quantitative estimate of drug-likeness (QED) is 0.0556. The molecule has 22 heteroatoms. The Morgan fingerprint density at radius 3 is 1.31 bits per heavy atom. The zero-order valence-corrected chi connectivity index (χ0v) is 39.0. The van der Waals surface area contributed by atoms with Crippen LogP contribution >= 0.6 is 0 Å². The molecule has 22 nitrogen and oxygen atoms in total. The van der Waals surface area contributed by atoms with E-state index < -0.39 is 136 Å². The van der Waals surface area contributed by atoms with E-state index in [4.69, 9.17) is 37.9 Å². The van der Waals surface area contributed by atoms with Crippen molar-refractivity contribution in [1.29, 1.82) is 0 Å². The summed E-state index contributed by atoms with van der Waals surface area (Å²) in [6, 6.07) is 0. The SMILES string of the molecule is C=C(C)CCC(=O)N(CNC(=C)CCC1O[C@@H]2OC3C(CO)O[C@H](OCCCCC1[C@@H](O)C2O)C(O)[C@@H]3O)CNC(=C)CCC1O[C@@H]2OC3C(CO)O[C@H](OCCCCC1[C@@H](O)C2O)C(O)[C@@H]3O. The number of amides is 1. The molecule has 0 aromatic heterocycles.